The Morgan fingerprint density at radius 3 is 2.51 bits per heavy atom. The van der Waals surface area contributed by atoms with Crippen LogP contribution in [-0.4, -0.2) is 64.9 Å². The van der Waals surface area contributed by atoms with Crippen LogP contribution in [-0.2, 0) is 14.3 Å². The molecule has 1 aliphatic heterocycles. The van der Waals surface area contributed by atoms with Gasteiger partial charge in [0, 0.05) is 12.0 Å². The first kappa shape index (κ1) is 26.8. The highest BCUT2D eigenvalue weighted by Crippen LogP contribution is 2.35. The maximum atomic E-state index is 13.1. The van der Waals surface area contributed by atoms with Crippen LogP contribution < -0.4 is 9.47 Å². The molecular formula is C25H34ClN3O6. The average Bonchev–Trinajstić information content (AvgIpc) is 3.15. The molecule has 9 nitrogen and oxygen atoms in total. The number of hydrogen-bond acceptors (Lipinski definition) is 8. The Bertz CT molecular complexity index is 1070. The van der Waals surface area contributed by atoms with E-state index in [-0.39, 0.29) is 36.0 Å². The number of carbonyl (C=O) groups is 2. The fourth-order valence-electron chi connectivity index (χ4n) is 3.97. The molecule has 0 aliphatic carbocycles. The number of nitrogens with zero attached hydrogens (tertiary/aromatic N) is 3. The van der Waals surface area contributed by atoms with Gasteiger partial charge >= 0.3 is 12.1 Å². The van der Waals surface area contributed by atoms with Crippen molar-refractivity contribution >= 4 is 34.7 Å². The minimum atomic E-state index is -0.856. The number of aromatic nitrogens is 2. The van der Waals surface area contributed by atoms with Crippen LogP contribution in [0.5, 0.6) is 11.6 Å². The van der Waals surface area contributed by atoms with Crippen molar-refractivity contribution in [2.45, 2.75) is 65.7 Å². The summed E-state index contributed by atoms with van der Waals surface area (Å²) >= 11 is 6.39. The number of rotatable bonds is 7. The van der Waals surface area contributed by atoms with Crippen LogP contribution in [0.4, 0.5) is 4.79 Å². The molecule has 1 aromatic heterocycles. The molecular weight excluding hydrogens is 474 g/mol. The van der Waals surface area contributed by atoms with Gasteiger partial charge in [-0.15, -0.1) is 0 Å². The maximum Gasteiger partial charge on any atom is 0.411 e. The second-order valence-corrected chi connectivity index (χ2v) is 10.4. The van der Waals surface area contributed by atoms with Crippen molar-refractivity contribution in [3.63, 3.8) is 0 Å². The van der Waals surface area contributed by atoms with E-state index in [9.17, 15) is 9.59 Å². The minimum absolute atomic E-state index is 0.0900. The molecule has 1 aromatic carbocycles. The summed E-state index contributed by atoms with van der Waals surface area (Å²) in [4.78, 5) is 36.5. The number of hydrogen-bond donors (Lipinski definition) is 0. The smallest absolute Gasteiger partial charge is 0.411 e. The van der Waals surface area contributed by atoms with Gasteiger partial charge < -0.3 is 18.9 Å². The summed E-state index contributed by atoms with van der Waals surface area (Å²) < 4.78 is 22.6. The Balaban J connectivity index is 1.93. The van der Waals surface area contributed by atoms with Crippen molar-refractivity contribution in [3.8, 4) is 11.6 Å². The number of amides is 1. The molecule has 0 N–H and O–H groups in total. The van der Waals surface area contributed by atoms with Gasteiger partial charge in [0.15, 0.2) is 5.15 Å². The first-order chi connectivity index (χ1) is 16.4. The number of methoxy groups -OCH3 is 1. The Kier molecular flexibility index (Phi) is 8.30. The SMILES string of the molecule is CC[C@@H]1[C@@H](Oc2nc3cc(OC)ccc3nc2Cl)CN(C(=O)OC(C)(C)C)[C@@H]1C(=O)OCC(C)C. The highest BCUT2D eigenvalue weighted by molar-refractivity contribution is 6.31. The molecule has 1 aliphatic rings. The standard InChI is InChI=1S/C25H34ClN3O6/c1-8-16-19(34-22-21(26)27-17-10-9-15(32-7)11-18(17)28-22)12-29(24(31)35-25(4,5)6)20(16)23(30)33-13-14(2)3/h9-11,14,16,19-20H,8,12-13H2,1-7H3/t16-,19+,20+/m1/s1. The van der Waals surface area contributed by atoms with Gasteiger partial charge in [0.2, 0.25) is 0 Å². The fourth-order valence-corrected chi connectivity index (χ4v) is 4.15. The number of fused-ring (bicyclic) bond motifs is 1. The average molecular weight is 508 g/mol. The molecule has 35 heavy (non-hydrogen) atoms. The largest absolute Gasteiger partial charge is 0.497 e. The Morgan fingerprint density at radius 2 is 1.91 bits per heavy atom. The topological polar surface area (TPSA) is 100 Å². The molecule has 1 fully saturated rings. The first-order valence-electron chi connectivity index (χ1n) is 11.8. The highest BCUT2D eigenvalue weighted by atomic mass is 35.5. The van der Waals surface area contributed by atoms with E-state index in [2.05, 4.69) is 9.97 Å². The van der Waals surface area contributed by atoms with Crippen LogP contribution in [0, 0.1) is 11.8 Å². The molecule has 10 heteroatoms. The Hall–Kier alpha value is -2.81. The molecule has 2 heterocycles. The second-order valence-electron chi connectivity index (χ2n) is 10.0. The summed E-state index contributed by atoms with van der Waals surface area (Å²) in [5.41, 5.74) is 0.412. The molecule has 0 radical (unpaired) electrons. The molecule has 2 aromatic rings. The summed E-state index contributed by atoms with van der Waals surface area (Å²) in [6.07, 6.45) is -0.620. The van der Waals surface area contributed by atoms with Crippen LogP contribution in [0.25, 0.3) is 11.0 Å². The summed E-state index contributed by atoms with van der Waals surface area (Å²) in [6, 6.07) is 4.40. The van der Waals surface area contributed by atoms with Crippen molar-refractivity contribution < 1.29 is 28.5 Å². The number of halogens is 1. The van der Waals surface area contributed by atoms with Crippen molar-refractivity contribution in [2.24, 2.45) is 11.8 Å². The van der Waals surface area contributed by atoms with Gasteiger partial charge in [0.25, 0.3) is 5.88 Å². The molecule has 0 unspecified atom stereocenters. The molecule has 1 amide bonds. The quantitative estimate of drug-likeness (QED) is 0.488. The number of esters is 1. The van der Waals surface area contributed by atoms with E-state index >= 15 is 0 Å². The lowest BCUT2D eigenvalue weighted by atomic mass is 9.95. The monoisotopic (exact) mass is 507 g/mol. The van der Waals surface area contributed by atoms with Gasteiger partial charge in [-0.25, -0.2) is 19.6 Å². The molecule has 0 saturated carbocycles. The van der Waals surface area contributed by atoms with Crippen molar-refractivity contribution in [1.82, 2.24) is 14.9 Å². The van der Waals surface area contributed by atoms with Gasteiger partial charge in [-0.1, -0.05) is 32.4 Å². The van der Waals surface area contributed by atoms with E-state index in [4.69, 9.17) is 30.5 Å². The van der Waals surface area contributed by atoms with Gasteiger partial charge in [-0.3, -0.25) is 4.90 Å². The lowest BCUT2D eigenvalue weighted by Crippen LogP contribution is -2.46. The third-order valence-electron chi connectivity index (χ3n) is 5.56. The zero-order valence-corrected chi connectivity index (χ0v) is 22.1. The number of carbonyl (C=O) groups excluding carboxylic acids is 2. The van der Waals surface area contributed by atoms with Crippen molar-refractivity contribution in [3.05, 3.63) is 23.4 Å². The van der Waals surface area contributed by atoms with Crippen molar-refractivity contribution in [1.29, 1.82) is 0 Å². The molecule has 3 atom stereocenters. The highest BCUT2D eigenvalue weighted by Gasteiger charge is 2.50. The van der Waals surface area contributed by atoms with Crippen LogP contribution in [0.3, 0.4) is 0 Å². The van der Waals surface area contributed by atoms with Crippen LogP contribution in [0.1, 0.15) is 48.0 Å². The third-order valence-corrected chi connectivity index (χ3v) is 5.80. The van der Waals surface area contributed by atoms with E-state index in [0.717, 1.165) is 0 Å². The number of likely N-dealkylation sites (tertiary alicyclic amines) is 1. The van der Waals surface area contributed by atoms with Crippen molar-refractivity contribution in [2.75, 3.05) is 20.3 Å². The summed E-state index contributed by atoms with van der Waals surface area (Å²) in [7, 11) is 1.57. The number of benzene rings is 1. The normalized spacial score (nSPS) is 20.3. The minimum Gasteiger partial charge on any atom is -0.497 e. The zero-order chi connectivity index (χ0) is 25.9. The second kappa shape index (κ2) is 10.8. The molecule has 3 rings (SSSR count). The first-order valence-corrected chi connectivity index (χ1v) is 12.2. The fraction of sp³-hybridized carbons (Fsp3) is 0.600. The van der Waals surface area contributed by atoms with Gasteiger partial charge in [0.1, 0.15) is 23.5 Å². The lowest BCUT2D eigenvalue weighted by Gasteiger charge is -2.29. The van der Waals surface area contributed by atoms with E-state index in [1.165, 1.54) is 4.90 Å². The van der Waals surface area contributed by atoms with E-state index in [0.29, 0.717) is 23.2 Å². The number of ether oxygens (including phenoxy) is 4. The van der Waals surface area contributed by atoms with E-state index in [1.54, 1.807) is 46.1 Å². The van der Waals surface area contributed by atoms with Crippen LogP contribution in [0.15, 0.2) is 18.2 Å². The Morgan fingerprint density at radius 1 is 1.20 bits per heavy atom. The van der Waals surface area contributed by atoms with Gasteiger partial charge in [-0.05, 0) is 45.2 Å². The summed E-state index contributed by atoms with van der Waals surface area (Å²) in [5.74, 6) is 0.0581. The van der Waals surface area contributed by atoms with Gasteiger partial charge in [0.05, 0.1) is 31.3 Å². The predicted molar refractivity (Wildman–Crippen MR) is 132 cm³/mol. The molecule has 0 bridgehead atoms. The third kappa shape index (κ3) is 6.45. The molecule has 0 spiro atoms. The van der Waals surface area contributed by atoms with Gasteiger partial charge in [-0.2, -0.15) is 0 Å². The molecule has 192 valence electrons. The Labute approximate surface area is 211 Å². The lowest BCUT2D eigenvalue weighted by molar-refractivity contribution is -0.151. The summed E-state index contributed by atoms with van der Waals surface area (Å²) in [5, 5.41) is 0.0900. The van der Waals surface area contributed by atoms with Crippen LogP contribution >= 0.6 is 11.6 Å². The zero-order valence-electron chi connectivity index (χ0n) is 21.3. The van der Waals surface area contributed by atoms with E-state index < -0.39 is 29.8 Å². The van der Waals surface area contributed by atoms with E-state index in [1.807, 2.05) is 20.8 Å². The predicted octanol–water partition coefficient (Wildman–Crippen LogP) is 4.88. The van der Waals surface area contributed by atoms with Crippen LogP contribution in [0.2, 0.25) is 5.15 Å². The molecule has 1 saturated heterocycles. The maximum absolute atomic E-state index is 13.1. The summed E-state index contributed by atoms with van der Waals surface area (Å²) in [6.45, 7) is 11.5.